The van der Waals surface area contributed by atoms with Crippen molar-refractivity contribution in [3.05, 3.63) is 52.9 Å². The second-order valence-electron chi connectivity index (χ2n) is 4.73. The molecule has 7 heteroatoms. The molecule has 0 aliphatic carbocycles. The van der Waals surface area contributed by atoms with Crippen LogP contribution in [0.15, 0.2) is 45.9 Å². The van der Waals surface area contributed by atoms with Crippen LogP contribution in [-0.2, 0) is 4.79 Å². The number of rotatable bonds is 7. The lowest BCUT2D eigenvalue weighted by Gasteiger charge is -2.07. The average molecular weight is 353 g/mol. The van der Waals surface area contributed by atoms with Crippen LogP contribution >= 0.6 is 23.4 Å². The fraction of sp³-hybridized carbons (Fsp3) is 0.250. The Labute approximate surface area is 143 Å². The number of carbonyl (C=O) groups is 2. The number of nitrogens with one attached hydrogen (secondary N) is 2. The Bertz CT molecular complexity index is 670. The first-order chi connectivity index (χ1) is 11.1. The summed E-state index contributed by atoms with van der Waals surface area (Å²) in [5.74, 6) is 0.725. The molecule has 1 heterocycles. The molecule has 0 bridgehead atoms. The van der Waals surface area contributed by atoms with E-state index in [4.69, 9.17) is 16.0 Å². The molecule has 122 valence electrons. The standard InChI is InChI=1S/C16H17ClN2O3S/c1-11-14(6-8-22-11)16(21)19-10-15(20)18-7-9-23-13-4-2-12(17)3-5-13/h2-6,8H,7,9-10H2,1H3,(H,18,20)(H,19,21). The van der Waals surface area contributed by atoms with E-state index in [1.54, 1.807) is 24.8 Å². The summed E-state index contributed by atoms with van der Waals surface area (Å²) < 4.78 is 5.05. The van der Waals surface area contributed by atoms with E-state index in [-0.39, 0.29) is 18.4 Å². The van der Waals surface area contributed by atoms with E-state index in [9.17, 15) is 9.59 Å². The molecule has 0 aliphatic heterocycles. The predicted octanol–water partition coefficient (Wildman–Crippen LogP) is 2.88. The van der Waals surface area contributed by atoms with E-state index in [2.05, 4.69) is 10.6 Å². The van der Waals surface area contributed by atoms with Crippen molar-refractivity contribution >= 4 is 35.2 Å². The van der Waals surface area contributed by atoms with Gasteiger partial charge in [-0.3, -0.25) is 9.59 Å². The monoisotopic (exact) mass is 352 g/mol. The molecular weight excluding hydrogens is 336 g/mol. The van der Waals surface area contributed by atoms with Crippen molar-refractivity contribution in [3.63, 3.8) is 0 Å². The van der Waals surface area contributed by atoms with Crippen LogP contribution in [0.4, 0.5) is 0 Å². The van der Waals surface area contributed by atoms with Crippen LogP contribution < -0.4 is 10.6 Å². The summed E-state index contributed by atoms with van der Waals surface area (Å²) in [5.41, 5.74) is 0.441. The van der Waals surface area contributed by atoms with E-state index in [1.165, 1.54) is 6.26 Å². The number of furan rings is 1. The van der Waals surface area contributed by atoms with E-state index in [1.807, 2.05) is 24.3 Å². The highest BCUT2D eigenvalue weighted by atomic mass is 35.5. The third kappa shape index (κ3) is 5.65. The molecule has 5 nitrogen and oxygen atoms in total. The number of thioether (sulfide) groups is 1. The zero-order valence-electron chi connectivity index (χ0n) is 12.6. The van der Waals surface area contributed by atoms with Gasteiger partial charge >= 0.3 is 0 Å². The molecule has 2 rings (SSSR count). The first-order valence-corrected chi connectivity index (χ1v) is 8.40. The van der Waals surface area contributed by atoms with Gasteiger partial charge in [0.15, 0.2) is 0 Å². The number of benzene rings is 1. The zero-order chi connectivity index (χ0) is 16.7. The summed E-state index contributed by atoms with van der Waals surface area (Å²) in [4.78, 5) is 24.6. The fourth-order valence-corrected chi connectivity index (χ4v) is 2.72. The molecule has 2 N–H and O–H groups in total. The van der Waals surface area contributed by atoms with E-state index in [0.29, 0.717) is 22.9 Å². The maximum Gasteiger partial charge on any atom is 0.255 e. The van der Waals surface area contributed by atoms with Crippen molar-refractivity contribution < 1.29 is 14.0 Å². The Kier molecular flexibility index (Phi) is 6.55. The van der Waals surface area contributed by atoms with Crippen LogP contribution in [0.3, 0.4) is 0 Å². The molecule has 0 radical (unpaired) electrons. The third-order valence-electron chi connectivity index (χ3n) is 3.02. The van der Waals surface area contributed by atoms with E-state index < -0.39 is 0 Å². The van der Waals surface area contributed by atoms with Gasteiger partial charge in [0.05, 0.1) is 18.4 Å². The van der Waals surface area contributed by atoms with Crippen molar-refractivity contribution in [3.8, 4) is 0 Å². The largest absolute Gasteiger partial charge is 0.469 e. The second kappa shape index (κ2) is 8.64. The van der Waals surface area contributed by atoms with Gasteiger partial charge in [-0.15, -0.1) is 11.8 Å². The van der Waals surface area contributed by atoms with Crippen molar-refractivity contribution in [2.75, 3.05) is 18.8 Å². The fourth-order valence-electron chi connectivity index (χ4n) is 1.83. The summed E-state index contributed by atoms with van der Waals surface area (Å²) in [5, 5.41) is 6.01. The third-order valence-corrected chi connectivity index (χ3v) is 4.29. The lowest BCUT2D eigenvalue weighted by molar-refractivity contribution is -0.120. The maximum atomic E-state index is 11.8. The lowest BCUT2D eigenvalue weighted by Crippen LogP contribution is -2.37. The number of carbonyl (C=O) groups excluding carboxylic acids is 2. The molecule has 1 aromatic heterocycles. The molecule has 0 saturated carbocycles. The van der Waals surface area contributed by atoms with E-state index >= 15 is 0 Å². The number of amides is 2. The Balaban J connectivity index is 1.62. The van der Waals surface area contributed by atoms with Gasteiger partial charge < -0.3 is 15.1 Å². The summed E-state index contributed by atoms with van der Waals surface area (Å²) in [7, 11) is 0. The Hall–Kier alpha value is -1.92. The van der Waals surface area contributed by atoms with Crippen LogP contribution in [0.1, 0.15) is 16.1 Å². The quantitative estimate of drug-likeness (QED) is 0.593. The molecule has 2 aromatic rings. The van der Waals surface area contributed by atoms with Gasteiger partial charge in [0.2, 0.25) is 5.91 Å². The van der Waals surface area contributed by atoms with Crippen molar-refractivity contribution in [1.82, 2.24) is 10.6 Å². The van der Waals surface area contributed by atoms with Gasteiger partial charge in [-0.2, -0.15) is 0 Å². The Morgan fingerprint density at radius 2 is 1.91 bits per heavy atom. The van der Waals surface area contributed by atoms with Crippen LogP contribution in [0, 0.1) is 6.92 Å². The zero-order valence-corrected chi connectivity index (χ0v) is 14.2. The van der Waals surface area contributed by atoms with Crippen LogP contribution in [0.5, 0.6) is 0 Å². The van der Waals surface area contributed by atoms with Gasteiger partial charge in [-0.05, 0) is 37.3 Å². The highest BCUT2D eigenvalue weighted by Crippen LogP contribution is 2.19. The molecule has 0 aliphatic rings. The maximum absolute atomic E-state index is 11.8. The normalized spacial score (nSPS) is 10.3. The number of hydrogen-bond acceptors (Lipinski definition) is 4. The summed E-state index contributed by atoms with van der Waals surface area (Å²) >= 11 is 7.44. The molecule has 0 saturated heterocycles. The second-order valence-corrected chi connectivity index (χ2v) is 6.33. The molecular formula is C16H17ClN2O3S. The van der Waals surface area contributed by atoms with Gasteiger partial charge in [0.1, 0.15) is 5.76 Å². The first kappa shape index (κ1) is 17.4. The molecule has 1 aromatic carbocycles. The molecule has 0 unspecified atom stereocenters. The lowest BCUT2D eigenvalue weighted by atomic mass is 10.2. The number of hydrogen-bond donors (Lipinski definition) is 2. The van der Waals surface area contributed by atoms with Gasteiger partial charge in [0.25, 0.3) is 5.91 Å². The van der Waals surface area contributed by atoms with Gasteiger partial charge in [-0.25, -0.2) is 0 Å². The first-order valence-electron chi connectivity index (χ1n) is 7.03. The summed E-state index contributed by atoms with van der Waals surface area (Å²) in [6.07, 6.45) is 1.44. The molecule has 23 heavy (non-hydrogen) atoms. The highest BCUT2D eigenvalue weighted by molar-refractivity contribution is 7.99. The average Bonchev–Trinajstić information content (AvgIpc) is 2.97. The minimum absolute atomic E-state index is 0.0605. The van der Waals surface area contributed by atoms with Crippen LogP contribution in [0.2, 0.25) is 5.02 Å². The number of aryl methyl sites for hydroxylation is 1. The van der Waals surface area contributed by atoms with Gasteiger partial charge in [0, 0.05) is 22.2 Å². The minimum Gasteiger partial charge on any atom is -0.469 e. The molecule has 2 amide bonds. The SMILES string of the molecule is Cc1occc1C(=O)NCC(=O)NCCSc1ccc(Cl)cc1. The van der Waals surface area contributed by atoms with Crippen molar-refractivity contribution in [2.45, 2.75) is 11.8 Å². The van der Waals surface area contributed by atoms with E-state index in [0.717, 1.165) is 10.6 Å². The number of halogens is 1. The highest BCUT2D eigenvalue weighted by Gasteiger charge is 2.12. The topological polar surface area (TPSA) is 71.3 Å². The molecule has 0 atom stereocenters. The van der Waals surface area contributed by atoms with Crippen molar-refractivity contribution in [2.24, 2.45) is 0 Å². The summed E-state index contributed by atoms with van der Waals surface area (Å²) in [6, 6.07) is 9.10. The molecule has 0 spiro atoms. The smallest absolute Gasteiger partial charge is 0.255 e. The Morgan fingerprint density at radius 3 is 2.57 bits per heavy atom. The van der Waals surface area contributed by atoms with Crippen LogP contribution in [0.25, 0.3) is 0 Å². The minimum atomic E-state index is -0.318. The Morgan fingerprint density at radius 1 is 1.17 bits per heavy atom. The predicted molar refractivity (Wildman–Crippen MR) is 91.0 cm³/mol. The summed E-state index contributed by atoms with van der Waals surface area (Å²) in [6.45, 7) is 2.16. The van der Waals surface area contributed by atoms with Crippen molar-refractivity contribution in [1.29, 1.82) is 0 Å². The molecule has 0 fully saturated rings. The van der Waals surface area contributed by atoms with Gasteiger partial charge in [-0.1, -0.05) is 11.6 Å². The van der Waals surface area contributed by atoms with Crippen LogP contribution in [-0.4, -0.2) is 30.7 Å².